The van der Waals surface area contributed by atoms with Crippen LogP contribution in [0.3, 0.4) is 0 Å². The summed E-state index contributed by atoms with van der Waals surface area (Å²) >= 11 is 20.8. The molecule has 2 N–H and O–H groups in total. The number of urea groups is 1. The van der Waals surface area contributed by atoms with Gasteiger partial charge in [0.15, 0.2) is 0 Å². The minimum atomic E-state index is -0.549. The summed E-state index contributed by atoms with van der Waals surface area (Å²) in [7, 11) is 0. The maximum atomic E-state index is 10.7. The van der Waals surface area contributed by atoms with Crippen molar-refractivity contribution < 1.29 is 4.79 Å². The molecule has 0 bridgehead atoms. The van der Waals surface area contributed by atoms with Crippen molar-refractivity contribution in [2.24, 2.45) is 0 Å². The van der Waals surface area contributed by atoms with E-state index >= 15 is 0 Å². The molecule has 0 saturated heterocycles. The molecular weight excluding hydrogens is 246 g/mol. The quantitative estimate of drug-likeness (QED) is 0.777. The molecule has 0 unspecified atom stereocenters. The lowest BCUT2D eigenvalue weighted by Gasteiger charge is -1.97. The lowest BCUT2D eigenvalue weighted by Crippen LogP contribution is -2.28. The number of halogens is 4. The Kier molecular flexibility index (Phi) is 6.38. The largest absolute Gasteiger partial charge is 0.322 e. The molecule has 0 rings (SSSR count). The maximum Gasteiger partial charge on any atom is 0.322 e. The smallest absolute Gasteiger partial charge is 0.312 e. The summed E-state index contributed by atoms with van der Waals surface area (Å²) in [6.07, 6.45) is 2.21. The van der Waals surface area contributed by atoms with Gasteiger partial charge in [0.2, 0.25) is 0 Å². The highest BCUT2D eigenvalue weighted by atomic mass is 35.5. The summed E-state index contributed by atoms with van der Waals surface area (Å²) in [5, 5.41) is 4.40. The molecule has 0 heterocycles. The first-order chi connectivity index (χ1) is 5.52. The van der Waals surface area contributed by atoms with Crippen LogP contribution in [0.5, 0.6) is 0 Å². The lowest BCUT2D eigenvalue weighted by atomic mass is 10.8. The Morgan fingerprint density at radius 1 is 0.917 bits per heavy atom. The number of hydrogen-bond donors (Lipinski definition) is 2. The maximum absolute atomic E-state index is 10.7. The molecule has 12 heavy (non-hydrogen) atoms. The van der Waals surface area contributed by atoms with E-state index < -0.39 is 6.03 Å². The molecule has 0 aliphatic heterocycles. The number of carbonyl (C=O) groups excluding carboxylic acids is 1. The molecule has 0 aromatic rings. The molecule has 7 heteroatoms. The zero-order chi connectivity index (χ0) is 9.56. The average Bonchev–Trinajstić information content (AvgIpc) is 1.96. The first kappa shape index (κ1) is 11.9. The van der Waals surface area contributed by atoms with Crippen molar-refractivity contribution in [2.75, 3.05) is 0 Å². The fourth-order valence-corrected chi connectivity index (χ4v) is 0.500. The molecule has 0 aromatic carbocycles. The van der Waals surface area contributed by atoms with Crippen LogP contribution in [0.15, 0.2) is 21.4 Å². The number of nitrogens with one attached hydrogen (secondary N) is 2. The Labute approximate surface area is 89.3 Å². The molecule has 0 radical (unpaired) electrons. The predicted octanol–water partition coefficient (Wildman–Crippen LogP) is 2.84. The Morgan fingerprint density at radius 2 is 1.25 bits per heavy atom. The highest BCUT2D eigenvalue weighted by Gasteiger charge is 1.93. The zero-order valence-electron chi connectivity index (χ0n) is 5.57. The second kappa shape index (κ2) is 6.43. The van der Waals surface area contributed by atoms with Crippen LogP contribution in [-0.4, -0.2) is 6.03 Å². The fourth-order valence-electron chi connectivity index (χ4n) is 0.282. The van der Waals surface area contributed by atoms with Gasteiger partial charge >= 0.3 is 6.03 Å². The average molecular weight is 250 g/mol. The number of carbonyl (C=O) groups is 1. The van der Waals surface area contributed by atoms with Crippen LogP contribution in [0, 0.1) is 0 Å². The Morgan fingerprint density at radius 3 is 1.50 bits per heavy atom. The number of rotatable bonds is 2. The van der Waals surface area contributed by atoms with E-state index in [0.29, 0.717) is 0 Å². The third-order valence-corrected chi connectivity index (χ3v) is 1.06. The third-order valence-electron chi connectivity index (χ3n) is 0.625. The van der Waals surface area contributed by atoms with Crippen molar-refractivity contribution in [3.05, 3.63) is 21.4 Å². The van der Waals surface area contributed by atoms with Crippen molar-refractivity contribution in [3.8, 4) is 0 Å². The zero-order valence-corrected chi connectivity index (χ0v) is 8.60. The molecular formula is C5H4Cl4N2O. The summed E-state index contributed by atoms with van der Waals surface area (Å²) in [5.74, 6) is 0. The second-order valence-corrected chi connectivity index (χ2v) is 3.50. The van der Waals surface area contributed by atoms with Crippen molar-refractivity contribution in [1.82, 2.24) is 10.6 Å². The van der Waals surface area contributed by atoms with E-state index in [0.717, 1.165) is 12.4 Å². The molecule has 3 nitrogen and oxygen atoms in total. The fraction of sp³-hybridized carbons (Fsp3) is 0. The van der Waals surface area contributed by atoms with Gasteiger partial charge in [-0.1, -0.05) is 46.4 Å². The molecule has 0 aliphatic rings. The van der Waals surface area contributed by atoms with E-state index in [1.54, 1.807) is 0 Å². The van der Waals surface area contributed by atoms with Crippen LogP contribution in [0.1, 0.15) is 0 Å². The minimum absolute atomic E-state index is 0.0638. The highest BCUT2D eigenvalue weighted by Crippen LogP contribution is 2.04. The van der Waals surface area contributed by atoms with Crippen LogP contribution in [0.4, 0.5) is 4.79 Å². The van der Waals surface area contributed by atoms with E-state index in [4.69, 9.17) is 46.4 Å². The van der Waals surface area contributed by atoms with Gasteiger partial charge in [0.05, 0.1) is 0 Å². The third kappa shape index (κ3) is 8.01. The normalized spacial score (nSPS) is 8.33. The number of amides is 2. The summed E-state index contributed by atoms with van der Waals surface area (Å²) in [6, 6.07) is -0.549. The summed E-state index contributed by atoms with van der Waals surface area (Å²) in [6.45, 7) is 0. The summed E-state index contributed by atoms with van der Waals surface area (Å²) in [4.78, 5) is 10.7. The molecule has 68 valence electrons. The van der Waals surface area contributed by atoms with Gasteiger partial charge in [0, 0.05) is 12.4 Å². The van der Waals surface area contributed by atoms with Gasteiger partial charge in [-0.05, 0) is 0 Å². The standard InChI is InChI=1S/C5H4Cl4N2O/c6-3(7)1-10-5(12)11-2-4(8)9/h1-2H,(H2,10,11,12). The first-order valence-corrected chi connectivity index (χ1v) is 4.13. The van der Waals surface area contributed by atoms with E-state index in [9.17, 15) is 4.79 Å². The molecule has 0 aromatic heterocycles. The summed E-state index contributed by atoms with van der Waals surface area (Å²) < 4.78 is -0.128. The molecule has 0 spiro atoms. The Balaban J connectivity index is 3.76. The second-order valence-electron chi connectivity index (χ2n) is 1.49. The molecule has 0 aliphatic carbocycles. The van der Waals surface area contributed by atoms with Crippen LogP contribution < -0.4 is 10.6 Å². The molecule has 0 saturated carbocycles. The van der Waals surface area contributed by atoms with Crippen LogP contribution in [0.25, 0.3) is 0 Å². The van der Waals surface area contributed by atoms with Crippen LogP contribution in [-0.2, 0) is 0 Å². The van der Waals surface area contributed by atoms with Gasteiger partial charge in [-0.25, -0.2) is 4.79 Å². The van der Waals surface area contributed by atoms with E-state index in [1.807, 2.05) is 0 Å². The van der Waals surface area contributed by atoms with Gasteiger partial charge in [-0.3, -0.25) is 0 Å². The van der Waals surface area contributed by atoms with Crippen molar-refractivity contribution in [2.45, 2.75) is 0 Å². The topological polar surface area (TPSA) is 41.1 Å². The Hall–Kier alpha value is -0.0900. The predicted molar refractivity (Wildman–Crippen MR) is 51.2 cm³/mol. The molecule has 0 fully saturated rings. The van der Waals surface area contributed by atoms with Crippen LogP contribution in [0.2, 0.25) is 0 Å². The summed E-state index contributed by atoms with van der Waals surface area (Å²) in [5.41, 5.74) is 0. The van der Waals surface area contributed by atoms with Crippen molar-refractivity contribution >= 4 is 52.4 Å². The van der Waals surface area contributed by atoms with Gasteiger partial charge in [-0.15, -0.1) is 0 Å². The lowest BCUT2D eigenvalue weighted by molar-refractivity contribution is 0.247. The van der Waals surface area contributed by atoms with Crippen LogP contribution >= 0.6 is 46.4 Å². The van der Waals surface area contributed by atoms with Gasteiger partial charge < -0.3 is 10.6 Å². The van der Waals surface area contributed by atoms with E-state index in [-0.39, 0.29) is 8.98 Å². The number of hydrogen-bond acceptors (Lipinski definition) is 1. The van der Waals surface area contributed by atoms with Crippen molar-refractivity contribution in [1.29, 1.82) is 0 Å². The first-order valence-electron chi connectivity index (χ1n) is 2.61. The Bertz CT molecular complexity index is 195. The molecule has 0 atom stereocenters. The van der Waals surface area contributed by atoms with Gasteiger partial charge in [-0.2, -0.15) is 0 Å². The van der Waals surface area contributed by atoms with Crippen molar-refractivity contribution in [3.63, 3.8) is 0 Å². The SMILES string of the molecule is O=C(NC=C(Cl)Cl)NC=C(Cl)Cl. The van der Waals surface area contributed by atoms with E-state index in [2.05, 4.69) is 10.6 Å². The minimum Gasteiger partial charge on any atom is -0.312 e. The highest BCUT2D eigenvalue weighted by molar-refractivity contribution is 6.56. The van der Waals surface area contributed by atoms with Gasteiger partial charge in [0.25, 0.3) is 0 Å². The monoisotopic (exact) mass is 248 g/mol. The molecule has 2 amide bonds. The van der Waals surface area contributed by atoms with E-state index in [1.165, 1.54) is 0 Å². The van der Waals surface area contributed by atoms with Gasteiger partial charge in [0.1, 0.15) is 8.98 Å².